The molecule has 25 heavy (non-hydrogen) atoms. The quantitative estimate of drug-likeness (QED) is 0.586. The monoisotopic (exact) mass is 361 g/mol. The van der Waals surface area contributed by atoms with Gasteiger partial charge in [0.1, 0.15) is 5.76 Å². The smallest absolute Gasteiger partial charge is 0.191 e. The number of rotatable bonds is 7. The van der Waals surface area contributed by atoms with Crippen molar-refractivity contribution in [2.45, 2.75) is 39.3 Å². The van der Waals surface area contributed by atoms with Gasteiger partial charge in [0.15, 0.2) is 5.96 Å². The minimum atomic E-state index is 0.243. The molecule has 0 spiro atoms. The van der Waals surface area contributed by atoms with Crippen molar-refractivity contribution >= 4 is 17.3 Å². The molecule has 1 fully saturated rings. The van der Waals surface area contributed by atoms with Gasteiger partial charge in [-0.3, -0.25) is 4.90 Å². The highest BCUT2D eigenvalue weighted by molar-refractivity contribution is 7.11. The second-order valence-corrected chi connectivity index (χ2v) is 7.52. The number of likely N-dealkylation sites (tertiary alicyclic amines) is 1. The minimum Gasteiger partial charge on any atom is -0.468 e. The van der Waals surface area contributed by atoms with E-state index in [9.17, 15) is 0 Å². The third-order valence-corrected chi connectivity index (χ3v) is 5.22. The van der Waals surface area contributed by atoms with Crippen LogP contribution in [0.25, 0.3) is 0 Å². The number of thiazole rings is 1. The van der Waals surface area contributed by atoms with Crippen LogP contribution in [-0.4, -0.2) is 42.0 Å². The van der Waals surface area contributed by atoms with Gasteiger partial charge in [-0.15, -0.1) is 11.3 Å². The summed E-state index contributed by atoms with van der Waals surface area (Å²) in [4.78, 5) is 12.6. The molecule has 1 saturated heterocycles. The summed E-state index contributed by atoms with van der Waals surface area (Å²) in [5, 5.41) is 7.89. The summed E-state index contributed by atoms with van der Waals surface area (Å²) in [6.07, 6.45) is 6.18. The lowest BCUT2D eigenvalue weighted by Crippen LogP contribution is -2.42. The van der Waals surface area contributed by atoms with Crippen LogP contribution in [0.4, 0.5) is 0 Å². The van der Waals surface area contributed by atoms with Gasteiger partial charge < -0.3 is 15.1 Å². The van der Waals surface area contributed by atoms with Gasteiger partial charge in [-0.1, -0.05) is 0 Å². The van der Waals surface area contributed by atoms with Crippen LogP contribution >= 0.6 is 11.3 Å². The lowest BCUT2D eigenvalue weighted by Gasteiger charge is -2.26. The topological polar surface area (TPSA) is 65.7 Å². The molecule has 0 radical (unpaired) electrons. The van der Waals surface area contributed by atoms with Gasteiger partial charge in [0.05, 0.1) is 23.9 Å². The van der Waals surface area contributed by atoms with Gasteiger partial charge in [-0.05, 0) is 51.9 Å². The molecule has 0 aromatic carbocycles. The fraction of sp³-hybridized carbons (Fsp3) is 0.556. The Morgan fingerprint density at radius 3 is 2.88 bits per heavy atom. The van der Waals surface area contributed by atoms with E-state index in [4.69, 9.17) is 9.41 Å². The van der Waals surface area contributed by atoms with Crippen molar-refractivity contribution in [3.63, 3.8) is 0 Å². The van der Waals surface area contributed by atoms with Crippen LogP contribution in [0.15, 0.2) is 34.0 Å². The Bertz CT molecular complexity index is 661. The first kappa shape index (κ1) is 17.9. The molecule has 3 rings (SSSR count). The zero-order valence-electron chi connectivity index (χ0n) is 15.0. The van der Waals surface area contributed by atoms with Crippen LogP contribution in [0.1, 0.15) is 41.5 Å². The maximum Gasteiger partial charge on any atom is 0.191 e. The molecule has 136 valence electrons. The molecule has 6 nitrogen and oxygen atoms in total. The Labute approximate surface area is 153 Å². The van der Waals surface area contributed by atoms with Crippen LogP contribution in [0.3, 0.4) is 0 Å². The van der Waals surface area contributed by atoms with Crippen molar-refractivity contribution in [3.05, 3.63) is 40.2 Å². The normalized spacial score (nSPS) is 17.0. The fourth-order valence-corrected chi connectivity index (χ4v) is 3.83. The van der Waals surface area contributed by atoms with Gasteiger partial charge in [-0.25, -0.2) is 9.98 Å². The van der Waals surface area contributed by atoms with E-state index in [0.717, 1.165) is 42.9 Å². The Morgan fingerprint density at radius 2 is 2.24 bits per heavy atom. The standard InChI is InChI=1S/C18H27N5OS/c1-3-19-18(21-12-15-11-20-14(2)25-15)22-13-16(17-7-6-10-24-17)23-8-4-5-9-23/h6-7,10-11,16H,3-5,8-9,12-13H2,1-2H3,(H2,19,21,22). The molecule has 2 aromatic rings. The van der Waals surface area contributed by atoms with Crippen LogP contribution in [0, 0.1) is 6.92 Å². The van der Waals surface area contributed by atoms with Crippen LogP contribution in [0.2, 0.25) is 0 Å². The second-order valence-electron chi connectivity index (χ2n) is 6.20. The number of hydrogen-bond donors (Lipinski definition) is 2. The summed E-state index contributed by atoms with van der Waals surface area (Å²) < 4.78 is 5.68. The summed E-state index contributed by atoms with van der Waals surface area (Å²) in [6.45, 7) is 8.62. The molecule has 0 bridgehead atoms. The number of aliphatic imine (C=N–C) groups is 1. The first-order valence-corrected chi connectivity index (χ1v) is 9.79. The van der Waals surface area contributed by atoms with E-state index in [1.165, 1.54) is 17.7 Å². The zero-order chi connectivity index (χ0) is 17.5. The molecule has 0 saturated carbocycles. The van der Waals surface area contributed by atoms with Crippen molar-refractivity contribution < 1.29 is 4.42 Å². The van der Waals surface area contributed by atoms with E-state index in [1.54, 1.807) is 17.6 Å². The van der Waals surface area contributed by atoms with Gasteiger partial charge in [-0.2, -0.15) is 0 Å². The Morgan fingerprint density at radius 1 is 1.40 bits per heavy atom. The predicted molar refractivity (Wildman–Crippen MR) is 102 cm³/mol. The average Bonchev–Trinajstić information content (AvgIpc) is 3.36. The summed E-state index contributed by atoms with van der Waals surface area (Å²) in [5.74, 6) is 1.85. The van der Waals surface area contributed by atoms with E-state index in [1.807, 2.05) is 19.2 Å². The molecule has 0 amide bonds. The van der Waals surface area contributed by atoms with Crippen LogP contribution in [-0.2, 0) is 6.54 Å². The number of aryl methyl sites for hydroxylation is 1. The Hall–Kier alpha value is -1.86. The molecular weight excluding hydrogens is 334 g/mol. The minimum absolute atomic E-state index is 0.243. The van der Waals surface area contributed by atoms with Gasteiger partial charge >= 0.3 is 0 Å². The van der Waals surface area contributed by atoms with Crippen LogP contribution < -0.4 is 10.6 Å². The summed E-state index contributed by atoms with van der Waals surface area (Å²) in [6, 6.07) is 4.27. The van der Waals surface area contributed by atoms with E-state index in [0.29, 0.717) is 6.54 Å². The van der Waals surface area contributed by atoms with Crippen molar-refractivity contribution in [1.29, 1.82) is 0 Å². The van der Waals surface area contributed by atoms with Gasteiger partial charge in [0.2, 0.25) is 0 Å². The number of aromatic nitrogens is 1. The van der Waals surface area contributed by atoms with Crippen LogP contribution in [0.5, 0.6) is 0 Å². The van der Waals surface area contributed by atoms with Crippen molar-refractivity contribution in [1.82, 2.24) is 20.5 Å². The molecule has 1 aliphatic rings. The molecule has 2 aromatic heterocycles. The Kier molecular flexibility index (Phi) is 6.47. The lowest BCUT2D eigenvalue weighted by molar-refractivity contribution is 0.215. The maximum atomic E-state index is 5.68. The highest BCUT2D eigenvalue weighted by atomic mass is 32.1. The van der Waals surface area contributed by atoms with Crippen molar-refractivity contribution in [2.75, 3.05) is 26.2 Å². The second kappa shape index (κ2) is 9.01. The van der Waals surface area contributed by atoms with E-state index in [-0.39, 0.29) is 6.04 Å². The van der Waals surface area contributed by atoms with Gasteiger partial charge in [0, 0.05) is 24.2 Å². The lowest BCUT2D eigenvalue weighted by atomic mass is 10.2. The molecule has 2 N–H and O–H groups in total. The third kappa shape index (κ3) is 5.06. The Balaban J connectivity index is 1.63. The van der Waals surface area contributed by atoms with Crippen molar-refractivity contribution in [3.8, 4) is 0 Å². The van der Waals surface area contributed by atoms with E-state index in [2.05, 4.69) is 33.5 Å². The SMILES string of the molecule is CCNC(=NCc1cnc(C)s1)NCC(c1ccco1)N1CCCC1. The molecule has 1 unspecified atom stereocenters. The molecule has 7 heteroatoms. The predicted octanol–water partition coefficient (Wildman–Crippen LogP) is 2.94. The molecular formula is C18H27N5OS. The molecule has 0 aliphatic carbocycles. The first-order valence-electron chi connectivity index (χ1n) is 8.97. The fourth-order valence-electron chi connectivity index (χ4n) is 3.11. The number of nitrogens with one attached hydrogen (secondary N) is 2. The third-order valence-electron chi connectivity index (χ3n) is 4.32. The largest absolute Gasteiger partial charge is 0.468 e. The average molecular weight is 362 g/mol. The number of nitrogens with zero attached hydrogens (tertiary/aromatic N) is 3. The number of furan rings is 1. The summed E-state index contributed by atoms with van der Waals surface area (Å²) >= 11 is 1.69. The summed E-state index contributed by atoms with van der Waals surface area (Å²) in [7, 11) is 0. The summed E-state index contributed by atoms with van der Waals surface area (Å²) in [5.41, 5.74) is 0. The van der Waals surface area contributed by atoms with E-state index >= 15 is 0 Å². The first-order chi connectivity index (χ1) is 12.3. The van der Waals surface area contributed by atoms with Gasteiger partial charge in [0.25, 0.3) is 0 Å². The molecule has 1 atom stereocenters. The maximum absolute atomic E-state index is 5.68. The molecule has 3 heterocycles. The molecule has 1 aliphatic heterocycles. The van der Waals surface area contributed by atoms with E-state index < -0.39 is 0 Å². The number of guanidine groups is 1. The van der Waals surface area contributed by atoms with Crippen molar-refractivity contribution in [2.24, 2.45) is 4.99 Å². The highest BCUT2D eigenvalue weighted by Crippen LogP contribution is 2.24. The zero-order valence-corrected chi connectivity index (χ0v) is 15.8. The highest BCUT2D eigenvalue weighted by Gasteiger charge is 2.25. The number of hydrogen-bond acceptors (Lipinski definition) is 5.